The summed E-state index contributed by atoms with van der Waals surface area (Å²) in [4.78, 5) is 19.6. The Bertz CT molecular complexity index is 914. The van der Waals surface area contributed by atoms with E-state index >= 15 is 0 Å². The summed E-state index contributed by atoms with van der Waals surface area (Å²) in [5.41, 5.74) is 1.83. The highest BCUT2D eigenvalue weighted by Gasteiger charge is 2.38. The predicted octanol–water partition coefficient (Wildman–Crippen LogP) is 2.55. The Morgan fingerprint density at radius 1 is 1.00 bits per heavy atom. The van der Waals surface area contributed by atoms with E-state index in [1.165, 1.54) is 24.3 Å². The molecule has 0 bridgehead atoms. The highest BCUT2D eigenvalue weighted by Crippen LogP contribution is 2.28. The van der Waals surface area contributed by atoms with Crippen molar-refractivity contribution in [2.75, 3.05) is 37.6 Å². The quantitative estimate of drug-likeness (QED) is 0.682. The lowest BCUT2D eigenvalue weighted by atomic mass is 10.1. The minimum atomic E-state index is -2.27. The second-order valence-corrected chi connectivity index (χ2v) is 8.76. The number of nitrogens with zero attached hydrogens (tertiary/aromatic N) is 3. The zero-order valence-electron chi connectivity index (χ0n) is 16.9. The summed E-state index contributed by atoms with van der Waals surface area (Å²) in [6.45, 7) is 6.09. The molecule has 1 amide bonds. The van der Waals surface area contributed by atoms with Crippen LogP contribution in [-0.4, -0.2) is 63.2 Å². The van der Waals surface area contributed by atoms with Crippen LogP contribution in [0.25, 0.3) is 0 Å². The zero-order valence-corrected chi connectivity index (χ0v) is 17.7. The second kappa shape index (κ2) is 8.93. The van der Waals surface area contributed by atoms with E-state index in [9.17, 15) is 17.9 Å². The molecule has 2 saturated heterocycles. The molecule has 0 aromatic heterocycles. The molecular formula is C22H25FN3O3S-. The molecule has 0 saturated carbocycles. The molecule has 0 aliphatic carbocycles. The standard InChI is InChI=1S/C22H26FN3O3S/c1-16(17-2-4-18(23)5-3-17)24-12-14-25(15-13-24)21-10-11-26(22(21)27)19-6-8-20(9-7-19)30(28)29/h2-9,16,21H,10-15H2,1H3,(H,28,29)/p-1/t16-,21-/m0/s1. The maximum Gasteiger partial charge on any atom is 0.244 e. The van der Waals surface area contributed by atoms with Gasteiger partial charge in [0.1, 0.15) is 5.82 Å². The number of piperazine rings is 1. The normalized spacial score (nSPS) is 23.0. The minimum Gasteiger partial charge on any atom is -0.768 e. The third kappa shape index (κ3) is 4.32. The molecule has 2 aromatic carbocycles. The molecule has 0 radical (unpaired) electrons. The van der Waals surface area contributed by atoms with Crippen molar-refractivity contribution in [3.8, 4) is 0 Å². The van der Waals surface area contributed by atoms with E-state index in [-0.39, 0.29) is 28.7 Å². The third-order valence-corrected chi connectivity index (χ3v) is 6.86. The van der Waals surface area contributed by atoms with E-state index in [2.05, 4.69) is 16.7 Å². The Morgan fingerprint density at radius 2 is 1.63 bits per heavy atom. The fourth-order valence-corrected chi connectivity index (χ4v) is 4.74. The van der Waals surface area contributed by atoms with Gasteiger partial charge < -0.3 is 9.45 Å². The zero-order chi connectivity index (χ0) is 21.3. The van der Waals surface area contributed by atoms with Gasteiger partial charge in [0.05, 0.1) is 6.04 Å². The molecule has 30 heavy (non-hydrogen) atoms. The first-order chi connectivity index (χ1) is 14.4. The molecule has 2 aliphatic rings. The molecule has 0 spiro atoms. The van der Waals surface area contributed by atoms with Crippen LogP contribution in [0, 0.1) is 5.82 Å². The van der Waals surface area contributed by atoms with Gasteiger partial charge in [-0.15, -0.1) is 0 Å². The number of halogens is 1. The van der Waals surface area contributed by atoms with Crippen LogP contribution < -0.4 is 4.90 Å². The van der Waals surface area contributed by atoms with Crippen molar-refractivity contribution in [1.82, 2.24) is 9.80 Å². The summed E-state index contributed by atoms with van der Waals surface area (Å²) >= 11 is -2.27. The van der Waals surface area contributed by atoms with Crippen LogP contribution in [0.15, 0.2) is 53.4 Å². The first-order valence-electron chi connectivity index (χ1n) is 10.2. The summed E-state index contributed by atoms with van der Waals surface area (Å²) in [7, 11) is 0. The molecule has 0 N–H and O–H groups in total. The van der Waals surface area contributed by atoms with E-state index in [0.717, 1.165) is 43.9 Å². The van der Waals surface area contributed by atoms with E-state index in [0.29, 0.717) is 6.54 Å². The Hall–Kier alpha value is -2.13. The molecular weight excluding hydrogens is 405 g/mol. The molecule has 4 rings (SSSR count). The average Bonchev–Trinajstić information content (AvgIpc) is 3.15. The fraction of sp³-hybridized carbons (Fsp3) is 0.409. The van der Waals surface area contributed by atoms with Crippen molar-refractivity contribution in [3.63, 3.8) is 0 Å². The van der Waals surface area contributed by atoms with Crippen LogP contribution in [0.1, 0.15) is 24.9 Å². The van der Waals surface area contributed by atoms with Gasteiger partial charge in [-0.05, 0) is 66.4 Å². The van der Waals surface area contributed by atoms with Gasteiger partial charge in [0.15, 0.2) is 0 Å². The molecule has 6 nitrogen and oxygen atoms in total. The van der Waals surface area contributed by atoms with Crippen LogP contribution in [-0.2, 0) is 15.9 Å². The van der Waals surface area contributed by atoms with Gasteiger partial charge in [0.2, 0.25) is 5.91 Å². The lowest BCUT2D eigenvalue weighted by molar-refractivity contribution is -0.122. The molecule has 2 heterocycles. The molecule has 3 atom stereocenters. The molecule has 2 aliphatic heterocycles. The lowest BCUT2D eigenvalue weighted by Crippen LogP contribution is -2.52. The topological polar surface area (TPSA) is 66.9 Å². The molecule has 2 aromatic rings. The van der Waals surface area contributed by atoms with E-state index in [1.54, 1.807) is 17.0 Å². The maximum absolute atomic E-state index is 13.2. The molecule has 2 fully saturated rings. The van der Waals surface area contributed by atoms with Crippen molar-refractivity contribution >= 4 is 22.7 Å². The smallest absolute Gasteiger partial charge is 0.244 e. The van der Waals surface area contributed by atoms with Crippen molar-refractivity contribution in [3.05, 3.63) is 59.9 Å². The van der Waals surface area contributed by atoms with Crippen LogP contribution in [0.5, 0.6) is 0 Å². The van der Waals surface area contributed by atoms with Gasteiger partial charge in [0, 0.05) is 49.3 Å². The summed E-state index contributed by atoms with van der Waals surface area (Å²) in [6, 6.07) is 13.1. The Balaban J connectivity index is 1.35. The first-order valence-corrected chi connectivity index (χ1v) is 11.3. The van der Waals surface area contributed by atoms with E-state index < -0.39 is 11.1 Å². The largest absolute Gasteiger partial charge is 0.768 e. The van der Waals surface area contributed by atoms with Crippen LogP contribution >= 0.6 is 0 Å². The van der Waals surface area contributed by atoms with E-state index in [1.807, 2.05) is 12.1 Å². The van der Waals surface area contributed by atoms with Crippen LogP contribution in [0.2, 0.25) is 0 Å². The third-order valence-electron chi connectivity index (χ3n) is 6.21. The van der Waals surface area contributed by atoms with Gasteiger partial charge in [-0.3, -0.25) is 18.8 Å². The Kier molecular flexibility index (Phi) is 6.29. The van der Waals surface area contributed by atoms with Crippen molar-refractivity contribution in [2.45, 2.75) is 30.3 Å². The van der Waals surface area contributed by atoms with Gasteiger partial charge >= 0.3 is 0 Å². The molecule has 8 heteroatoms. The van der Waals surface area contributed by atoms with E-state index in [4.69, 9.17) is 0 Å². The van der Waals surface area contributed by atoms with Crippen molar-refractivity contribution in [1.29, 1.82) is 0 Å². The summed E-state index contributed by atoms with van der Waals surface area (Å²) in [6.07, 6.45) is 0.765. The van der Waals surface area contributed by atoms with Gasteiger partial charge in [-0.2, -0.15) is 0 Å². The summed E-state index contributed by atoms with van der Waals surface area (Å²) in [5, 5.41) is 0. The lowest BCUT2D eigenvalue weighted by Gasteiger charge is -2.40. The Labute approximate surface area is 178 Å². The highest BCUT2D eigenvalue weighted by molar-refractivity contribution is 7.79. The fourth-order valence-electron chi connectivity index (χ4n) is 4.39. The van der Waals surface area contributed by atoms with Gasteiger partial charge in [0.25, 0.3) is 0 Å². The number of carbonyl (C=O) groups excluding carboxylic acids is 1. The molecule has 160 valence electrons. The van der Waals surface area contributed by atoms with Gasteiger partial charge in [-0.1, -0.05) is 12.1 Å². The van der Waals surface area contributed by atoms with Crippen LogP contribution in [0.4, 0.5) is 10.1 Å². The summed E-state index contributed by atoms with van der Waals surface area (Å²) < 4.78 is 35.2. The first kappa shape index (κ1) is 21.1. The number of rotatable bonds is 5. The highest BCUT2D eigenvalue weighted by atomic mass is 32.2. The minimum absolute atomic E-state index is 0.0750. The number of benzene rings is 2. The number of hydrogen-bond acceptors (Lipinski definition) is 5. The number of hydrogen-bond donors (Lipinski definition) is 0. The molecule has 1 unspecified atom stereocenters. The van der Waals surface area contributed by atoms with Crippen molar-refractivity contribution < 1.29 is 17.9 Å². The van der Waals surface area contributed by atoms with Crippen molar-refractivity contribution in [2.24, 2.45) is 0 Å². The number of amides is 1. The SMILES string of the molecule is C[C@@H](c1ccc(F)cc1)N1CCN([C@H]2CCN(c3ccc(S(=O)[O-])cc3)C2=O)CC1. The summed E-state index contributed by atoms with van der Waals surface area (Å²) in [5.74, 6) is -0.151. The maximum atomic E-state index is 13.2. The number of anilines is 1. The monoisotopic (exact) mass is 430 g/mol. The average molecular weight is 431 g/mol. The second-order valence-electron chi connectivity index (χ2n) is 7.82. The number of carbonyl (C=O) groups is 1. The Morgan fingerprint density at radius 3 is 2.23 bits per heavy atom. The van der Waals surface area contributed by atoms with Crippen LogP contribution in [0.3, 0.4) is 0 Å². The predicted molar refractivity (Wildman–Crippen MR) is 112 cm³/mol. The van der Waals surface area contributed by atoms with Gasteiger partial charge in [-0.25, -0.2) is 4.39 Å².